The first kappa shape index (κ1) is 60.0. The van der Waals surface area contributed by atoms with E-state index in [4.69, 9.17) is 24.4 Å². The van der Waals surface area contributed by atoms with E-state index >= 15 is 0 Å². The summed E-state index contributed by atoms with van der Waals surface area (Å²) in [6, 6.07) is 77.9. The molecule has 0 amide bonds. The third-order valence-electron chi connectivity index (χ3n) is 19.2. The monoisotopic (exact) mass is 1270 g/mol. The fraction of sp³-hybridized carbons (Fsp3) is 0.0769. The highest BCUT2D eigenvalue weighted by atomic mass is 16.3. The maximum absolute atomic E-state index is 7.32. The maximum Gasteiger partial charge on any atom is 0.145 e. The number of hydrogen-bond donors (Lipinski definition) is 3. The zero-order chi connectivity index (χ0) is 67.0. The predicted octanol–water partition coefficient (Wildman–Crippen LogP) is 23.1. The van der Waals surface area contributed by atoms with Crippen LogP contribution in [0.5, 0.6) is 0 Å². The van der Waals surface area contributed by atoms with Gasteiger partial charge in [0.15, 0.2) is 0 Å². The number of benzene rings is 7. The maximum atomic E-state index is 7.32. The highest BCUT2D eigenvalue weighted by Crippen LogP contribution is 2.43. The summed E-state index contributed by atoms with van der Waals surface area (Å²) in [6.07, 6.45) is 14.9. The SMILES string of the molecule is Cc1ccc(-c2c3nc(c(-c4ccc(C)cc4)c4ccc([nH]4)c(-c4ccc(C)cc4)c4nc(c(-c5ccc(C)cc5)c5ccc2[nH]5)C=C4C#Cc2c4nc(c(-c5ccc(C)cc5)c5ccc([nH]5)c(-c5ccc(C)cc5)c5nc(c(-c6ccc(C)cc6)c6ccc2o6)C=C5)C=C4)C=C3)cc1. The van der Waals surface area contributed by atoms with E-state index in [1.165, 1.54) is 16.7 Å². The van der Waals surface area contributed by atoms with Crippen molar-refractivity contribution in [2.45, 2.75) is 48.5 Å². The molecule has 6 aromatic heterocycles. The van der Waals surface area contributed by atoms with Gasteiger partial charge in [0.25, 0.3) is 0 Å². The quantitative estimate of drug-likeness (QED) is 0.138. The van der Waals surface area contributed by atoms with Gasteiger partial charge < -0.3 is 19.4 Å². The van der Waals surface area contributed by atoms with Crippen LogP contribution in [0, 0.1) is 60.3 Å². The minimum atomic E-state index is 0.551. The van der Waals surface area contributed by atoms with Crippen LogP contribution < -0.4 is 0 Å². The molecule has 472 valence electrons. The molecule has 7 aromatic carbocycles. The van der Waals surface area contributed by atoms with Gasteiger partial charge in [0.1, 0.15) is 11.2 Å². The topological polar surface area (TPSA) is 112 Å². The van der Waals surface area contributed by atoms with Crippen molar-refractivity contribution in [3.05, 3.63) is 308 Å². The molecule has 8 nitrogen and oxygen atoms in total. The summed E-state index contributed by atoms with van der Waals surface area (Å²) in [5.41, 5.74) is 35.9. The standard InChI is InChI=1S/C91H67N7O/c1-53-8-22-60(23-9-53)84-70-39-38-69(92-70)68(82-50-51-83(99-82)89(65-32-18-58(6)19-33-65)79-48-46-76(96-79)86(73-41-40-71(84)93-73)62-26-12-55(3)13-27-62)37-36-67-52-81-88(64-30-16-57(5)17-31-64)78-45-44-75(95-78)85(61-24-10-54(2)11-25-61)72-42-43-74(94-72)87(63-28-14-56(4)15-29-63)77-47-49-80(97-77)90(91(67)98-81)66-34-20-59(7)21-35-66/h8-35,38-52,93,95,97H,1-7H3. The third kappa shape index (κ3) is 11.3. The summed E-state index contributed by atoms with van der Waals surface area (Å²) < 4.78 is 7.32. The zero-order valence-corrected chi connectivity index (χ0v) is 56.0. The number of H-pyrrole nitrogens is 3. The van der Waals surface area contributed by atoms with Crippen LogP contribution in [0.3, 0.4) is 0 Å². The van der Waals surface area contributed by atoms with Crippen LogP contribution in [0.25, 0.3) is 170 Å². The van der Waals surface area contributed by atoms with Crippen LogP contribution in [0.1, 0.15) is 90.1 Å². The van der Waals surface area contributed by atoms with Gasteiger partial charge in [-0.25, -0.2) is 19.9 Å². The molecule has 0 aliphatic carbocycles. The first-order valence-corrected chi connectivity index (χ1v) is 33.6. The average molecular weight is 1270 g/mol. The summed E-state index contributed by atoms with van der Waals surface area (Å²) in [7, 11) is 0. The number of fused-ring (bicyclic) bond motifs is 16. The summed E-state index contributed by atoms with van der Waals surface area (Å²) in [5, 5.41) is 0. The van der Waals surface area contributed by atoms with Crippen molar-refractivity contribution in [2.75, 3.05) is 0 Å². The molecule has 99 heavy (non-hydrogen) atoms. The Kier molecular flexibility index (Phi) is 14.8. The Morgan fingerprint density at radius 2 is 0.505 bits per heavy atom. The lowest BCUT2D eigenvalue weighted by atomic mass is 9.98. The van der Waals surface area contributed by atoms with E-state index in [-0.39, 0.29) is 0 Å². The number of furan rings is 1. The largest absolute Gasteiger partial charge is 0.455 e. The van der Waals surface area contributed by atoms with E-state index in [0.29, 0.717) is 33.7 Å². The molecule has 16 bridgehead atoms. The lowest BCUT2D eigenvalue weighted by Gasteiger charge is -2.08. The smallest absolute Gasteiger partial charge is 0.145 e. The highest BCUT2D eigenvalue weighted by Gasteiger charge is 2.25. The molecule has 4 aliphatic rings. The Morgan fingerprint density at radius 1 is 0.242 bits per heavy atom. The average Bonchev–Trinajstić information content (AvgIpc) is 1.62. The normalized spacial score (nSPS) is 12.3. The first-order chi connectivity index (χ1) is 48.4. The highest BCUT2D eigenvalue weighted by molar-refractivity contribution is 6.06. The number of nitrogens with one attached hydrogen (secondary N) is 3. The van der Waals surface area contributed by atoms with Crippen molar-refractivity contribution in [3.8, 4) is 89.7 Å². The van der Waals surface area contributed by atoms with Crippen LogP contribution in [-0.2, 0) is 0 Å². The predicted molar refractivity (Wildman–Crippen MR) is 413 cm³/mol. The molecule has 0 saturated carbocycles. The molecule has 0 atom stereocenters. The molecule has 0 unspecified atom stereocenters. The fourth-order valence-electron chi connectivity index (χ4n) is 13.9. The van der Waals surface area contributed by atoms with Crippen molar-refractivity contribution < 1.29 is 4.42 Å². The van der Waals surface area contributed by atoms with Crippen molar-refractivity contribution in [2.24, 2.45) is 0 Å². The third-order valence-corrected chi connectivity index (χ3v) is 19.2. The van der Waals surface area contributed by atoms with Gasteiger partial charge >= 0.3 is 0 Å². The zero-order valence-electron chi connectivity index (χ0n) is 56.0. The molecule has 0 saturated heterocycles. The molecular formula is C91H67N7O. The number of nitrogens with zero attached hydrogens (tertiary/aromatic N) is 4. The van der Waals surface area contributed by atoms with Gasteiger partial charge in [-0.05, 0) is 178 Å². The van der Waals surface area contributed by atoms with E-state index in [9.17, 15) is 0 Å². The molecular weight excluding hydrogens is 1210 g/mol. The van der Waals surface area contributed by atoms with Crippen LogP contribution in [0.15, 0.2) is 223 Å². The minimum Gasteiger partial charge on any atom is -0.455 e. The van der Waals surface area contributed by atoms with Gasteiger partial charge in [-0.3, -0.25) is 0 Å². The van der Waals surface area contributed by atoms with Gasteiger partial charge in [-0.15, -0.1) is 0 Å². The van der Waals surface area contributed by atoms with Gasteiger partial charge in [-0.1, -0.05) is 221 Å². The lowest BCUT2D eigenvalue weighted by Crippen LogP contribution is -1.91. The molecule has 8 heteroatoms. The van der Waals surface area contributed by atoms with Gasteiger partial charge in [-0.2, -0.15) is 0 Å². The molecule has 0 fully saturated rings. The van der Waals surface area contributed by atoms with E-state index in [1.807, 2.05) is 12.1 Å². The van der Waals surface area contributed by atoms with Crippen molar-refractivity contribution >= 4 is 92.4 Å². The molecule has 3 N–H and O–H groups in total. The van der Waals surface area contributed by atoms with Crippen LogP contribution in [0.2, 0.25) is 0 Å². The van der Waals surface area contributed by atoms with Crippen molar-refractivity contribution in [3.63, 3.8) is 0 Å². The second-order valence-corrected chi connectivity index (χ2v) is 26.4. The molecule has 10 heterocycles. The van der Waals surface area contributed by atoms with Crippen molar-refractivity contribution in [1.82, 2.24) is 34.9 Å². The summed E-state index contributed by atoms with van der Waals surface area (Å²) in [4.78, 5) is 34.5. The summed E-state index contributed by atoms with van der Waals surface area (Å²) in [5.74, 6) is 7.65. The second kappa shape index (κ2) is 24.5. The van der Waals surface area contributed by atoms with Crippen LogP contribution in [-0.4, -0.2) is 34.9 Å². The molecule has 0 radical (unpaired) electrons. The van der Waals surface area contributed by atoms with Gasteiger partial charge in [0, 0.05) is 66.5 Å². The van der Waals surface area contributed by atoms with Crippen molar-refractivity contribution in [1.29, 1.82) is 0 Å². The number of hydrogen-bond acceptors (Lipinski definition) is 5. The molecule has 0 spiro atoms. The van der Waals surface area contributed by atoms with E-state index in [2.05, 4.69) is 324 Å². The number of aromatic amines is 3. The van der Waals surface area contributed by atoms with E-state index < -0.39 is 0 Å². The second-order valence-electron chi connectivity index (χ2n) is 26.4. The Bertz CT molecular complexity index is 5990. The number of aromatic nitrogens is 7. The molecule has 4 aliphatic heterocycles. The Labute approximate surface area is 575 Å². The fourth-order valence-corrected chi connectivity index (χ4v) is 13.9. The molecule has 13 aromatic rings. The van der Waals surface area contributed by atoms with Gasteiger partial charge in [0.05, 0.1) is 62.3 Å². The minimum absolute atomic E-state index is 0.551. The van der Waals surface area contributed by atoms with Gasteiger partial charge in [0.2, 0.25) is 0 Å². The summed E-state index contributed by atoms with van der Waals surface area (Å²) in [6.45, 7) is 14.8. The lowest BCUT2D eigenvalue weighted by molar-refractivity contribution is 0.665. The van der Waals surface area contributed by atoms with E-state index in [1.54, 1.807) is 0 Å². The number of allylic oxidation sites excluding steroid dienone is 1. The number of aryl methyl sites for hydroxylation is 7. The molecule has 17 rings (SSSR count). The van der Waals surface area contributed by atoms with Crippen LogP contribution in [0.4, 0.5) is 0 Å². The van der Waals surface area contributed by atoms with Crippen LogP contribution >= 0.6 is 0 Å². The Hall–Kier alpha value is -12.7. The first-order valence-electron chi connectivity index (χ1n) is 33.6. The Balaban J connectivity index is 0.994. The number of rotatable bonds is 7. The summed E-state index contributed by atoms with van der Waals surface area (Å²) >= 11 is 0. The van der Waals surface area contributed by atoms with E-state index in [0.717, 1.165) is 167 Å². The Morgan fingerprint density at radius 3 is 0.848 bits per heavy atom.